The second kappa shape index (κ2) is 6.42. The number of benzene rings is 1. The summed E-state index contributed by atoms with van der Waals surface area (Å²) >= 11 is 2.80. The first-order valence-electron chi connectivity index (χ1n) is 8.03. The van der Waals surface area contributed by atoms with Crippen LogP contribution in [0.25, 0.3) is 26.3 Å². The minimum Gasteiger partial charge on any atom is -0.292 e. The highest BCUT2D eigenvalue weighted by Gasteiger charge is 2.35. The van der Waals surface area contributed by atoms with E-state index in [1.54, 1.807) is 12.1 Å². The molecule has 0 fully saturated rings. The van der Waals surface area contributed by atoms with Crippen molar-refractivity contribution in [3.63, 3.8) is 0 Å². The van der Waals surface area contributed by atoms with Crippen LogP contribution in [0.2, 0.25) is 0 Å². The smallest absolute Gasteiger partial charge is 0.292 e. The van der Waals surface area contributed by atoms with E-state index in [1.165, 1.54) is 28.9 Å². The number of rotatable bonds is 2. The summed E-state index contributed by atoms with van der Waals surface area (Å²) < 4.78 is 45.6. The normalized spacial score (nSPS) is 12.0. The molecule has 0 amide bonds. The Bertz CT molecular complexity index is 1330. The molecule has 1 aromatic carbocycles. The molecule has 0 spiro atoms. The van der Waals surface area contributed by atoms with E-state index in [0.29, 0.717) is 10.6 Å². The Morgan fingerprint density at radius 3 is 2.50 bits per heavy atom. The molecule has 0 saturated carbocycles. The van der Waals surface area contributed by atoms with Gasteiger partial charge in [-0.05, 0) is 53.7 Å². The van der Waals surface area contributed by atoms with Gasteiger partial charge in [0.15, 0.2) is 0 Å². The van der Waals surface area contributed by atoms with Crippen LogP contribution < -0.4 is 11.2 Å². The van der Waals surface area contributed by atoms with E-state index in [4.69, 9.17) is 0 Å². The molecule has 144 valence electrons. The van der Waals surface area contributed by atoms with Crippen LogP contribution in [0.15, 0.2) is 45.3 Å². The molecule has 0 aliphatic rings. The summed E-state index contributed by atoms with van der Waals surface area (Å²) in [6.07, 6.45) is -4.79. The number of nitrogens with zero attached hydrogens (tertiary/aromatic N) is 3. The van der Waals surface area contributed by atoms with Gasteiger partial charge in [0.25, 0.3) is 5.56 Å². The molecule has 28 heavy (non-hydrogen) atoms. The van der Waals surface area contributed by atoms with Crippen molar-refractivity contribution >= 4 is 33.0 Å². The second-order valence-electron chi connectivity index (χ2n) is 6.19. The van der Waals surface area contributed by atoms with Gasteiger partial charge in [-0.15, -0.1) is 11.3 Å². The third kappa shape index (κ3) is 2.89. The molecular weight excluding hydrogens is 411 g/mol. The van der Waals surface area contributed by atoms with E-state index in [0.717, 1.165) is 37.8 Å². The van der Waals surface area contributed by atoms with Gasteiger partial charge >= 0.3 is 11.9 Å². The van der Waals surface area contributed by atoms with E-state index in [2.05, 4.69) is 4.37 Å². The number of hydrogen-bond donors (Lipinski definition) is 0. The van der Waals surface area contributed by atoms with Crippen LogP contribution >= 0.6 is 22.9 Å². The van der Waals surface area contributed by atoms with E-state index >= 15 is 0 Å². The fraction of sp³-hybridized carbons (Fsp3) is 0.167. The topological polar surface area (TPSA) is 56.9 Å². The van der Waals surface area contributed by atoms with Crippen molar-refractivity contribution in [2.24, 2.45) is 7.05 Å². The number of aryl methyl sites for hydroxylation is 1. The molecule has 4 rings (SSSR count). The van der Waals surface area contributed by atoms with Gasteiger partial charge in [0.2, 0.25) is 0 Å². The van der Waals surface area contributed by atoms with Crippen LogP contribution in [0.5, 0.6) is 0 Å². The molecule has 3 heterocycles. The Labute approximate surface area is 164 Å². The maximum absolute atomic E-state index is 13.0. The molecule has 0 aliphatic heterocycles. The number of aromatic nitrogens is 3. The molecule has 5 nitrogen and oxygen atoms in total. The summed E-state index contributed by atoms with van der Waals surface area (Å²) in [5.74, 6) is 0. The minimum absolute atomic E-state index is 0.197. The second-order valence-corrected chi connectivity index (χ2v) is 7.91. The first kappa shape index (κ1) is 18.6. The Balaban J connectivity index is 1.96. The van der Waals surface area contributed by atoms with Crippen molar-refractivity contribution in [3.8, 4) is 16.3 Å². The number of halogens is 3. The Morgan fingerprint density at radius 2 is 1.86 bits per heavy atom. The van der Waals surface area contributed by atoms with Crippen LogP contribution in [0.4, 0.5) is 13.2 Å². The largest absolute Gasteiger partial charge is 0.431 e. The summed E-state index contributed by atoms with van der Waals surface area (Å²) in [6, 6.07) is 7.25. The van der Waals surface area contributed by atoms with E-state index in [9.17, 15) is 22.8 Å². The van der Waals surface area contributed by atoms with Gasteiger partial charge in [0, 0.05) is 18.5 Å². The Hall–Kier alpha value is -2.72. The highest BCUT2D eigenvalue weighted by Crippen LogP contribution is 2.36. The molecule has 0 N–H and O–H groups in total. The maximum atomic E-state index is 13.0. The van der Waals surface area contributed by atoms with E-state index < -0.39 is 23.1 Å². The zero-order valence-electron chi connectivity index (χ0n) is 14.6. The van der Waals surface area contributed by atoms with Crippen LogP contribution in [0.1, 0.15) is 11.3 Å². The van der Waals surface area contributed by atoms with Crippen LogP contribution in [0, 0.1) is 6.92 Å². The molecule has 0 radical (unpaired) electrons. The molecular formula is C18H12F3N3O2S2. The van der Waals surface area contributed by atoms with Crippen molar-refractivity contribution in [1.29, 1.82) is 0 Å². The van der Waals surface area contributed by atoms with Crippen molar-refractivity contribution in [1.82, 2.24) is 13.5 Å². The molecule has 0 unspecified atom stereocenters. The van der Waals surface area contributed by atoms with Crippen molar-refractivity contribution < 1.29 is 13.2 Å². The van der Waals surface area contributed by atoms with Crippen LogP contribution in [-0.4, -0.2) is 13.5 Å². The van der Waals surface area contributed by atoms with Gasteiger partial charge in [-0.3, -0.25) is 9.36 Å². The average Bonchev–Trinajstić information content (AvgIpc) is 3.22. The van der Waals surface area contributed by atoms with Crippen molar-refractivity contribution in [2.45, 2.75) is 13.1 Å². The summed E-state index contributed by atoms with van der Waals surface area (Å²) in [6.45, 7) is 1.96. The molecule has 0 aliphatic carbocycles. The van der Waals surface area contributed by atoms with Gasteiger partial charge in [-0.1, -0.05) is 0 Å². The fourth-order valence-electron chi connectivity index (χ4n) is 2.98. The van der Waals surface area contributed by atoms with Crippen LogP contribution in [0.3, 0.4) is 0 Å². The summed E-state index contributed by atoms with van der Waals surface area (Å²) in [5.41, 5.74) is -1.41. The lowest BCUT2D eigenvalue weighted by molar-refractivity contribution is -0.144. The lowest BCUT2D eigenvalue weighted by atomic mass is 10.1. The lowest BCUT2D eigenvalue weighted by Gasteiger charge is -2.14. The van der Waals surface area contributed by atoms with Gasteiger partial charge in [-0.25, -0.2) is 9.36 Å². The Kier molecular flexibility index (Phi) is 4.27. The van der Waals surface area contributed by atoms with Gasteiger partial charge < -0.3 is 0 Å². The first-order valence-corrected chi connectivity index (χ1v) is 9.68. The van der Waals surface area contributed by atoms with Crippen LogP contribution in [-0.2, 0) is 13.2 Å². The van der Waals surface area contributed by atoms with Gasteiger partial charge in [-0.2, -0.15) is 17.5 Å². The predicted molar refractivity (Wildman–Crippen MR) is 104 cm³/mol. The monoisotopic (exact) mass is 423 g/mol. The highest BCUT2D eigenvalue weighted by atomic mass is 32.1. The number of alkyl halides is 3. The summed E-state index contributed by atoms with van der Waals surface area (Å²) in [4.78, 5) is 25.8. The third-order valence-electron chi connectivity index (χ3n) is 4.40. The average molecular weight is 423 g/mol. The van der Waals surface area contributed by atoms with Crippen molar-refractivity contribution in [2.75, 3.05) is 0 Å². The molecule has 3 aromatic heterocycles. The first-order chi connectivity index (χ1) is 13.2. The number of thiophene rings is 1. The zero-order valence-corrected chi connectivity index (χ0v) is 16.2. The Morgan fingerprint density at radius 1 is 1.11 bits per heavy atom. The number of fused-ring (bicyclic) bond motifs is 1. The molecule has 0 atom stereocenters. The molecule has 0 bridgehead atoms. The predicted octanol–water partition coefficient (Wildman–Crippen LogP) is 4.20. The zero-order chi connectivity index (χ0) is 20.2. The van der Waals surface area contributed by atoms with Gasteiger partial charge in [0.05, 0.1) is 15.3 Å². The minimum atomic E-state index is -4.79. The standard InChI is InChI=1S/C18H12F3N3O2S2/c1-9-5-6-27-16(9)15-11-7-10(3-4-12(11)28-22-15)24-14(25)8-13(18(19,20)21)23(2)17(24)26/h3-8H,1-2H3. The summed E-state index contributed by atoms with van der Waals surface area (Å²) in [7, 11) is 0.992. The number of hydrogen-bond acceptors (Lipinski definition) is 5. The lowest BCUT2D eigenvalue weighted by Crippen LogP contribution is -2.40. The quantitative estimate of drug-likeness (QED) is 0.486. The molecule has 10 heteroatoms. The highest BCUT2D eigenvalue weighted by molar-refractivity contribution is 7.16. The molecule has 4 aromatic rings. The van der Waals surface area contributed by atoms with E-state index in [1.807, 2.05) is 18.4 Å². The van der Waals surface area contributed by atoms with E-state index in [-0.39, 0.29) is 5.69 Å². The van der Waals surface area contributed by atoms with Crippen molar-refractivity contribution in [3.05, 3.63) is 67.8 Å². The third-order valence-corrected chi connectivity index (χ3v) is 6.25. The molecule has 0 saturated heterocycles. The van der Waals surface area contributed by atoms with Gasteiger partial charge in [0.1, 0.15) is 11.4 Å². The maximum Gasteiger partial charge on any atom is 0.431 e. The summed E-state index contributed by atoms with van der Waals surface area (Å²) in [5, 5.41) is 2.68. The fourth-order valence-corrected chi connectivity index (χ4v) is 4.73. The SMILES string of the molecule is Cc1ccsc1-c1nsc2ccc(-n3c(=O)cc(C(F)(F)F)n(C)c3=O)cc12.